The highest BCUT2D eigenvalue weighted by molar-refractivity contribution is 5.99. The summed E-state index contributed by atoms with van der Waals surface area (Å²) in [6.45, 7) is 0.728. The number of anilines is 1. The van der Waals surface area contributed by atoms with Crippen LogP contribution in [0, 0.1) is 0 Å². The second-order valence-electron chi connectivity index (χ2n) is 6.19. The van der Waals surface area contributed by atoms with Gasteiger partial charge in [-0.3, -0.25) is 5.01 Å². The van der Waals surface area contributed by atoms with Gasteiger partial charge < -0.3 is 0 Å². The molecule has 2 nitrogen and oxygen atoms in total. The summed E-state index contributed by atoms with van der Waals surface area (Å²) in [5, 5.41) is 9.30. The zero-order chi connectivity index (χ0) is 17.6. The summed E-state index contributed by atoms with van der Waals surface area (Å²) >= 11 is 0. The SMILES string of the molecule is C(=N\N(Cc1ccccc1)c1ccccc1)/c1cccc2ccccc12. The minimum atomic E-state index is 0.728. The number of hydrogen-bond acceptors (Lipinski definition) is 2. The smallest absolute Gasteiger partial charge is 0.0666 e. The van der Waals surface area contributed by atoms with Gasteiger partial charge in [0.25, 0.3) is 0 Å². The molecule has 0 aromatic heterocycles. The molecule has 0 fully saturated rings. The second-order valence-corrected chi connectivity index (χ2v) is 6.19. The van der Waals surface area contributed by atoms with E-state index in [1.54, 1.807) is 0 Å². The second kappa shape index (κ2) is 7.66. The van der Waals surface area contributed by atoms with E-state index in [1.807, 2.05) is 35.5 Å². The zero-order valence-electron chi connectivity index (χ0n) is 14.5. The number of hydrazone groups is 1. The van der Waals surface area contributed by atoms with Gasteiger partial charge in [0.05, 0.1) is 18.4 Å². The zero-order valence-corrected chi connectivity index (χ0v) is 14.5. The number of fused-ring (bicyclic) bond motifs is 1. The quantitative estimate of drug-likeness (QED) is 0.328. The Morgan fingerprint density at radius 2 is 1.31 bits per heavy atom. The molecule has 0 saturated heterocycles. The lowest BCUT2D eigenvalue weighted by atomic mass is 10.1. The van der Waals surface area contributed by atoms with E-state index in [1.165, 1.54) is 16.3 Å². The Balaban J connectivity index is 1.69. The average molecular weight is 336 g/mol. The molecule has 0 unspecified atom stereocenters. The van der Waals surface area contributed by atoms with Crippen molar-refractivity contribution in [2.75, 3.05) is 5.01 Å². The molecule has 0 N–H and O–H groups in total. The maximum atomic E-state index is 4.82. The lowest BCUT2D eigenvalue weighted by molar-refractivity contribution is 0.859. The summed E-state index contributed by atoms with van der Waals surface area (Å²) in [6, 6.07) is 35.4. The highest BCUT2D eigenvalue weighted by Gasteiger charge is 2.06. The van der Waals surface area contributed by atoms with Crippen molar-refractivity contribution in [1.82, 2.24) is 0 Å². The van der Waals surface area contributed by atoms with Crippen LogP contribution in [0.2, 0.25) is 0 Å². The molecule has 0 saturated carbocycles. The van der Waals surface area contributed by atoms with Crippen molar-refractivity contribution in [1.29, 1.82) is 0 Å². The molecule has 0 radical (unpaired) electrons. The molecule has 0 spiro atoms. The van der Waals surface area contributed by atoms with Gasteiger partial charge in [-0.2, -0.15) is 5.10 Å². The first-order valence-electron chi connectivity index (χ1n) is 8.78. The minimum Gasteiger partial charge on any atom is -0.261 e. The van der Waals surface area contributed by atoms with Gasteiger partial charge in [-0.05, 0) is 28.5 Å². The average Bonchev–Trinajstić information content (AvgIpc) is 2.72. The number of rotatable bonds is 5. The van der Waals surface area contributed by atoms with Gasteiger partial charge in [0.2, 0.25) is 0 Å². The Kier molecular flexibility index (Phi) is 4.74. The first-order chi connectivity index (χ1) is 12.9. The number of para-hydroxylation sites is 1. The van der Waals surface area contributed by atoms with Crippen molar-refractivity contribution in [3.8, 4) is 0 Å². The Labute approximate surface area is 154 Å². The third-order valence-corrected chi connectivity index (χ3v) is 4.39. The molecular weight excluding hydrogens is 316 g/mol. The largest absolute Gasteiger partial charge is 0.261 e. The first-order valence-corrected chi connectivity index (χ1v) is 8.78. The van der Waals surface area contributed by atoms with Crippen LogP contribution in [0.25, 0.3) is 10.8 Å². The summed E-state index contributed by atoms with van der Waals surface area (Å²) in [6.07, 6.45) is 1.96. The molecular formula is C24H20N2. The van der Waals surface area contributed by atoms with Crippen LogP contribution in [-0.4, -0.2) is 6.21 Å². The van der Waals surface area contributed by atoms with Crippen LogP contribution in [0.5, 0.6) is 0 Å². The molecule has 0 bridgehead atoms. The van der Waals surface area contributed by atoms with Crippen molar-refractivity contribution in [2.24, 2.45) is 5.10 Å². The van der Waals surface area contributed by atoms with Gasteiger partial charge in [-0.25, -0.2) is 0 Å². The van der Waals surface area contributed by atoms with Crippen molar-refractivity contribution < 1.29 is 0 Å². The fourth-order valence-corrected chi connectivity index (χ4v) is 3.05. The topological polar surface area (TPSA) is 15.6 Å². The van der Waals surface area contributed by atoms with Crippen molar-refractivity contribution >= 4 is 22.7 Å². The molecule has 4 aromatic carbocycles. The summed E-state index contributed by atoms with van der Waals surface area (Å²) in [5.41, 5.74) is 3.43. The fraction of sp³-hybridized carbons (Fsp3) is 0.0417. The summed E-state index contributed by atoms with van der Waals surface area (Å²) < 4.78 is 0. The van der Waals surface area contributed by atoms with Crippen LogP contribution in [-0.2, 0) is 6.54 Å². The van der Waals surface area contributed by atoms with Gasteiger partial charge >= 0.3 is 0 Å². The van der Waals surface area contributed by atoms with Crippen molar-refractivity contribution in [3.63, 3.8) is 0 Å². The maximum Gasteiger partial charge on any atom is 0.0666 e. The van der Waals surface area contributed by atoms with E-state index >= 15 is 0 Å². The van der Waals surface area contributed by atoms with Crippen LogP contribution < -0.4 is 5.01 Å². The van der Waals surface area contributed by atoms with Gasteiger partial charge in [0.15, 0.2) is 0 Å². The molecule has 0 aliphatic heterocycles. The lowest BCUT2D eigenvalue weighted by Crippen LogP contribution is -2.16. The van der Waals surface area contributed by atoms with Gasteiger partial charge in [-0.15, -0.1) is 0 Å². The van der Waals surface area contributed by atoms with E-state index in [4.69, 9.17) is 5.10 Å². The number of nitrogens with zero attached hydrogens (tertiary/aromatic N) is 2. The summed E-state index contributed by atoms with van der Waals surface area (Å²) in [4.78, 5) is 0. The Morgan fingerprint density at radius 3 is 2.12 bits per heavy atom. The Bertz CT molecular complexity index is 1000. The molecule has 0 atom stereocenters. The minimum absolute atomic E-state index is 0.728. The normalized spacial score (nSPS) is 11.1. The molecule has 4 rings (SSSR count). The van der Waals surface area contributed by atoms with E-state index in [0.717, 1.165) is 17.8 Å². The third kappa shape index (κ3) is 3.65. The molecule has 2 heteroatoms. The molecule has 26 heavy (non-hydrogen) atoms. The van der Waals surface area contributed by atoms with E-state index in [9.17, 15) is 0 Å². The highest BCUT2D eigenvalue weighted by atomic mass is 15.4. The predicted octanol–water partition coefficient (Wildman–Crippen LogP) is 5.88. The molecule has 0 amide bonds. The predicted molar refractivity (Wildman–Crippen MR) is 111 cm³/mol. The van der Waals surface area contributed by atoms with Gasteiger partial charge in [0, 0.05) is 5.56 Å². The van der Waals surface area contributed by atoms with Crippen molar-refractivity contribution in [3.05, 3.63) is 114 Å². The molecule has 0 heterocycles. The van der Waals surface area contributed by atoms with Crippen LogP contribution in [0.1, 0.15) is 11.1 Å². The maximum absolute atomic E-state index is 4.82. The lowest BCUT2D eigenvalue weighted by Gasteiger charge is -2.19. The monoisotopic (exact) mass is 336 g/mol. The first kappa shape index (κ1) is 16.1. The van der Waals surface area contributed by atoms with Gasteiger partial charge in [0.1, 0.15) is 0 Å². The fourth-order valence-electron chi connectivity index (χ4n) is 3.05. The van der Waals surface area contributed by atoms with Crippen molar-refractivity contribution in [2.45, 2.75) is 6.54 Å². The highest BCUT2D eigenvalue weighted by Crippen LogP contribution is 2.20. The molecule has 0 aliphatic rings. The van der Waals surface area contributed by atoms with E-state index in [0.29, 0.717) is 0 Å². The van der Waals surface area contributed by atoms with E-state index in [-0.39, 0.29) is 0 Å². The summed E-state index contributed by atoms with van der Waals surface area (Å²) in [5.74, 6) is 0. The molecule has 4 aromatic rings. The van der Waals surface area contributed by atoms with E-state index in [2.05, 4.69) is 78.9 Å². The van der Waals surface area contributed by atoms with Crippen LogP contribution in [0.4, 0.5) is 5.69 Å². The van der Waals surface area contributed by atoms with E-state index < -0.39 is 0 Å². The van der Waals surface area contributed by atoms with Crippen LogP contribution in [0.15, 0.2) is 108 Å². The van der Waals surface area contributed by atoms with Crippen LogP contribution in [0.3, 0.4) is 0 Å². The van der Waals surface area contributed by atoms with Gasteiger partial charge in [-0.1, -0.05) is 91.0 Å². The number of benzene rings is 4. The molecule has 0 aliphatic carbocycles. The standard InChI is InChI=1S/C24H20N2/c1-3-10-20(11-4-1)19-26(23-15-5-2-6-16-23)25-18-22-14-9-13-21-12-7-8-17-24(21)22/h1-18H,19H2/b25-18+. The molecule has 126 valence electrons. The third-order valence-electron chi connectivity index (χ3n) is 4.39. The number of hydrogen-bond donors (Lipinski definition) is 0. The summed E-state index contributed by atoms with van der Waals surface area (Å²) in [7, 11) is 0. The van der Waals surface area contributed by atoms with Crippen LogP contribution >= 0.6 is 0 Å². The Hall–Kier alpha value is -3.39. The Morgan fingerprint density at radius 1 is 0.654 bits per heavy atom.